The van der Waals surface area contributed by atoms with E-state index in [-0.39, 0.29) is 18.0 Å². The molecule has 3 heterocycles. The molecule has 3 aromatic rings. The van der Waals surface area contributed by atoms with Gasteiger partial charge in [-0.15, -0.1) is 16.4 Å². The molecule has 0 saturated heterocycles. The summed E-state index contributed by atoms with van der Waals surface area (Å²) in [5.41, 5.74) is 0.224. The van der Waals surface area contributed by atoms with Crippen LogP contribution in [-0.4, -0.2) is 20.0 Å². The lowest BCUT2D eigenvalue weighted by Gasteiger charge is -1.97. The second-order valence-electron chi connectivity index (χ2n) is 3.89. The zero-order chi connectivity index (χ0) is 13.4. The Morgan fingerprint density at radius 3 is 2.89 bits per heavy atom. The summed E-state index contributed by atoms with van der Waals surface area (Å²) in [6, 6.07) is 7.08. The normalized spacial score (nSPS) is 11.0. The molecule has 3 rings (SSSR count). The third-order valence-electron chi connectivity index (χ3n) is 2.65. The Morgan fingerprint density at radius 2 is 2.21 bits per heavy atom. The van der Waals surface area contributed by atoms with Gasteiger partial charge in [0, 0.05) is 10.7 Å². The fraction of sp³-hybridized carbons (Fsp3) is 0.0833. The van der Waals surface area contributed by atoms with Gasteiger partial charge in [-0.2, -0.15) is 0 Å². The zero-order valence-corrected chi connectivity index (χ0v) is 12.0. The molecule has 0 saturated carbocycles. The largest absolute Gasteiger partial charge is 0.350 e. The number of carbonyl (C=O) groups excluding carboxylic acids is 1. The number of ketones is 1. The molecule has 7 heteroatoms. The number of hydrogen-bond donors (Lipinski definition) is 0. The van der Waals surface area contributed by atoms with E-state index in [1.165, 1.54) is 20.4 Å². The van der Waals surface area contributed by atoms with Gasteiger partial charge in [0.1, 0.15) is 6.54 Å². The van der Waals surface area contributed by atoms with Crippen LogP contribution in [0.2, 0.25) is 0 Å². The van der Waals surface area contributed by atoms with Gasteiger partial charge in [-0.3, -0.25) is 9.20 Å². The number of fused-ring (bicyclic) bond motifs is 1. The van der Waals surface area contributed by atoms with Crippen LogP contribution in [0.25, 0.3) is 5.65 Å². The second-order valence-corrected chi connectivity index (χ2v) is 5.66. The van der Waals surface area contributed by atoms with Gasteiger partial charge in [0.2, 0.25) is 0 Å². The van der Waals surface area contributed by atoms with E-state index in [9.17, 15) is 9.59 Å². The number of nitrogens with zero attached hydrogens (tertiary/aromatic N) is 3. The van der Waals surface area contributed by atoms with Crippen molar-refractivity contribution in [1.82, 2.24) is 14.2 Å². The lowest BCUT2D eigenvalue weighted by atomic mass is 10.3. The topological polar surface area (TPSA) is 56.4 Å². The summed E-state index contributed by atoms with van der Waals surface area (Å²) in [6.07, 6.45) is 1.63. The van der Waals surface area contributed by atoms with Gasteiger partial charge in [-0.05, 0) is 39.5 Å². The Labute approximate surface area is 120 Å². The van der Waals surface area contributed by atoms with Gasteiger partial charge in [0.25, 0.3) is 0 Å². The Balaban J connectivity index is 1.98. The minimum atomic E-state index is -0.309. The Hall–Kier alpha value is -1.73. The molecule has 0 aromatic carbocycles. The zero-order valence-electron chi connectivity index (χ0n) is 9.62. The van der Waals surface area contributed by atoms with Crippen LogP contribution in [0.15, 0.2) is 45.1 Å². The molecule has 0 atom stereocenters. The first kappa shape index (κ1) is 12.3. The lowest BCUT2D eigenvalue weighted by Crippen LogP contribution is -2.24. The van der Waals surface area contributed by atoms with Crippen molar-refractivity contribution in [3.05, 3.63) is 55.7 Å². The fourth-order valence-corrected chi connectivity index (χ4v) is 3.30. The molecular formula is C12H8BrN3O2S. The number of hydrogen-bond acceptors (Lipinski definition) is 4. The summed E-state index contributed by atoms with van der Waals surface area (Å²) in [7, 11) is 0. The summed E-state index contributed by atoms with van der Waals surface area (Å²) in [4.78, 5) is 24.7. The third-order valence-corrected chi connectivity index (χ3v) is 4.53. The Morgan fingerprint density at radius 1 is 1.37 bits per heavy atom. The highest BCUT2D eigenvalue weighted by atomic mass is 79.9. The standard InChI is InChI=1S/C12H8BrN3O2S/c13-8-4-6-19-11(8)9(17)7-16-12(18)15-5-2-1-3-10(15)14-16/h1-6H,7H2. The molecule has 0 amide bonds. The first-order valence-corrected chi connectivity index (χ1v) is 7.14. The first-order valence-electron chi connectivity index (χ1n) is 5.47. The monoisotopic (exact) mass is 337 g/mol. The predicted octanol–water partition coefficient (Wildman–Crippen LogP) is 2.20. The number of rotatable bonds is 3. The molecule has 5 nitrogen and oxygen atoms in total. The van der Waals surface area contributed by atoms with E-state index in [1.54, 1.807) is 24.4 Å². The molecule has 19 heavy (non-hydrogen) atoms. The molecule has 0 N–H and O–H groups in total. The van der Waals surface area contributed by atoms with E-state index in [2.05, 4.69) is 21.0 Å². The van der Waals surface area contributed by atoms with Crippen LogP contribution in [0, 0.1) is 0 Å². The molecule has 0 aliphatic carbocycles. The van der Waals surface area contributed by atoms with Gasteiger partial charge in [0.05, 0.1) is 4.88 Å². The average Bonchev–Trinajstić information content (AvgIpc) is 2.95. The van der Waals surface area contributed by atoms with E-state index in [1.807, 2.05) is 11.4 Å². The van der Waals surface area contributed by atoms with E-state index >= 15 is 0 Å². The predicted molar refractivity (Wildman–Crippen MR) is 75.8 cm³/mol. The third kappa shape index (κ3) is 2.15. The highest BCUT2D eigenvalue weighted by molar-refractivity contribution is 9.10. The van der Waals surface area contributed by atoms with Crippen LogP contribution in [0.3, 0.4) is 0 Å². The van der Waals surface area contributed by atoms with Crippen molar-refractivity contribution in [2.24, 2.45) is 0 Å². The smallest absolute Gasteiger partial charge is 0.291 e. The van der Waals surface area contributed by atoms with Crippen LogP contribution in [0.1, 0.15) is 9.67 Å². The minimum absolute atomic E-state index is 0.0559. The molecule has 3 aromatic heterocycles. The minimum Gasteiger partial charge on any atom is -0.291 e. The number of thiophene rings is 1. The quantitative estimate of drug-likeness (QED) is 0.688. The van der Waals surface area contributed by atoms with Crippen molar-refractivity contribution < 1.29 is 4.79 Å². The van der Waals surface area contributed by atoms with Gasteiger partial charge >= 0.3 is 5.69 Å². The van der Waals surface area contributed by atoms with E-state index < -0.39 is 0 Å². The summed E-state index contributed by atoms with van der Waals surface area (Å²) in [6.45, 7) is -0.0559. The van der Waals surface area contributed by atoms with Crippen molar-refractivity contribution in [1.29, 1.82) is 0 Å². The number of halogens is 1. The molecule has 0 aliphatic heterocycles. The number of Topliss-reactive ketones (excluding diaryl/α,β-unsaturated/α-hetero) is 1. The molecule has 0 unspecified atom stereocenters. The summed E-state index contributed by atoms with van der Waals surface area (Å²) in [5, 5.41) is 5.95. The van der Waals surface area contributed by atoms with Gasteiger partial charge < -0.3 is 0 Å². The van der Waals surface area contributed by atoms with Crippen molar-refractivity contribution in [3.63, 3.8) is 0 Å². The summed E-state index contributed by atoms with van der Waals surface area (Å²) in [5.74, 6) is -0.132. The highest BCUT2D eigenvalue weighted by Crippen LogP contribution is 2.23. The maximum absolute atomic E-state index is 12.1. The molecule has 0 fully saturated rings. The van der Waals surface area contributed by atoms with Crippen molar-refractivity contribution in [2.75, 3.05) is 0 Å². The van der Waals surface area contributed by atoms with E-state index in [4.69, 9.17) is 0 Å². The summed E-state index contributed by atoms with van der Waals surface area (Å²) < 4.78 is 3.35. The van der Waals surface area contributed by atoms with Crippen LogP contribution in [-0.2, 0) is 6.54 Å². The van der Waals surface area contributed by atoms with Crippen LogP contribution >= 0.6 is 27.3 Å². The number of pyridine rings is 1. The Kier molecular flexibility index (Phi) is 3.08. The van der Waals surface area contributed by atoms with Crippen LogP contribution in [0.4, 0.5) is 0 Å². The van der Waals surface area contributed by atoms with Crippen molar-refractivity contribution in [2.45, 2.75) is 6.54 Å². The summed E-state index contributed by atoms with van der Waals surface area (Å²) >= 11 is 4.65. The highest BCUT2D eigenvalue weighted by Gasteiger charge is 2.15. The molecule has 0 bridgehead atoms. The van der Waals surface area contributed by atoms with E-state index in [0.29, 0.717) is 10.5 Å². The molecule has 0 spiro atoms. The van der Waals surface area contributed by atoms with E-state index in [0.717, 1.165) is 4.47 Å². The van der Waals surface area contributed by atoms with Crippen LogP contribution < -0.4 is 5.69 Å². The first-order chi connectivity index (χ1) is 9.16. The fourth-order valence-electron chi connectivity index (χ4n) is 1.77. The van der Waals surface area contributed by atoms with Gasteiger partial charge in [-0.1, -0.05) is 6.07 Å². The molecule has 0 radical (unpaired) electrons. The molecular weight excluding hydrogens is 330 g/mol. The Bertz CT molecular complexity index is 818. The average molecular weight is 338 g/mol. The van der Waals surface area contributed by atoms with Crippen molar-refractivity contribution >= 4 is 38.7 Å². The number of carbonyl (C=O) groups is 1. The molecule has 96 valence electrons. The maximum atomic E-state index is 12.1. The van der Waals surface area contributed by atoms with Gasteiger partial charge in [-0.25, -0.2) is 9.48 Å². The molecule has 0 aliphatic rings. The van der Waals surface area contributed by atoms with Gasteiger partial charge in [0.15, 0.2) is 11.4 Å². The number of aromatic nitrogens is 3. The van der Waals surface area contributed by atoms with Crippen LogP contribution in [0.5, 0.6) is 0 Å². The maximum Gasteiger partial charge on any atom is 0.350 e. The SMILES string of the molecule is O=C(Cn1nc2ccccn2c1=O)c1sccc1Br. The lowest BCUT2D eigenvalue weighted by molar-refractivity contribution is 0.0969. The van der Waals surface area contributed by atoms with Crippen molar-refractivity contribution in [3.8, 4) is 0 Å². The second kappa shape index (κ2) is 4.75.